The first kappa shape index (κ1) is 21.9. The standard InChI is InChI=1S/C16H21N3OS.2ClH/c1-11-3-5-13(6-4-11)16-19-14(10-21-16)9-15(20)18-8-7-12(2)17;;/h3-6,10,12H,7-9,17H2,1-2H3,(H,18,20);2*1H. The van der Waals surface area contributed by atoms with Crippen LogP contribution >= 0.6 is 36.2 Å². The van der Waals surface area contributed by atoms with Gasteiger partial charge in [0.05, 0.1) is 12.1 Å². The van der Waals surface area contributed by atoms with E-state index in [2.05, 4.69) is 41.5 Å². The van der Waals surface area contributed by atoms with Gasteiger partial charge in [-0.05, 0) is 20.3 Å². The van der Waals surface area contributed by atoms with Gasteiger partial charge in [0.25, 0.3) is 0 Å². The molecular formula is C16H23Cl2N3OS. The summed E-state index contributed by atoms with van der Waals surface area (Å²) in [5.74, 6) is -0.00333. The fourth-order valence-electron chi connectivity index (χ4n) is 1.88. The number of halogens is 2. The number of aromatic nitrogens is 1. The minimum Gasteiger partial charge on any atom is -0.356 e. The molecule has 2 aromatic rings. The monoisotopic (exact) mass is 375 g/mol. The van der Waals surface area contributed by atoms with Gasteiger partial charge in [-0.2, -0.15) is 0 Å². The van der Waals surface area contributed by atoms with Crippen LogP contribution in [0, 0.1) is 6.92 Å². The SMILES string of the molecule is Cc1ccc(-c2nc(CC(=O)NCCC(C)N)cs2)cc1.Cl.Cl. The second-order valence-electron chi connectivity index (χ2n) is 5.30. The Hall–Kier alpha value is -1.14. The Bertz CT molecular complexity index is 600. The Kier molecular flexibility index (Phi) is 10.1. The highest BCUT2D eigenvalue weighted by molar-refractivity contribution is 7.13. The first-order valence-electron chi connectivity index (χ1n) is 7.08. The predicted octanol–water partition coefficient (Wildman–Crippen LogP) is 3.36. The minimum absolute atomic E-state index is 0. The summed E-state index contributed by atoms with van der Waals surface area (Å²) in [6.07, 6.45) is 1.11. The topological polar surface area (TPSA) is 68.0 Å². The summed E-state index contributed by atoms with van der Waals surface area (Å²) in [7, 11) is 0. The summed E-state index contributed by atoms with van der Waals surface area (Å²) >= 11 is 1.57. The molecule has 0 radical (unpaired) electrons. The van der Waals surface area contributed by atoms with E-state index in [0.717, 1.165) is 22.7 Å². The van der Waals surface area contributed by atoms with Crippen LogP contribution in [-0.4, -0.2) is 23.5 Å². The first-order chi connectivity index (χ1) is 10.0. The number of carbonyl (C=O) groups excluding carboxylic acids is 1. The van der Waals surface area contributed by atoms with Crippen LogP contribution < -0.4 is 11.1 Å². The Morgan fingerprint density at radius 3 is 2.57 bits per heavy atom. The number of hydrogen-bond acceptors (Lipinski definition) is 4. The smallest absolute Gasteiger partial charge is 0.226 e. The molecule has 0 aliphatic heterocycles. The van der Waals surface area contributed by atoms with Gasteiger partial charge in [-0.25, -0.2) is 4.98 Å². The van der Waals surface area contributed by atoms with Gasteiger partial charge >= 0.3 is 0 Å². The number of nitrogens with zero attached hydrogens (tertiary/aromatic N) is 1. The van der Waals surface area contributed by atoms with Crippen molar-refractivity contribution < 1.29 is 4.79 Å². The number of hydrogen-bond donors (Lipinski definition) is 2. The maximum Gasteiger partial charge on any atom is 0.226 e. The number of carbonyl (C=O) groups is 1. The number of aryl methyl sites for hydroxylation is 1. The van der Waals surface area contributed by atoms with Crippen LogP contribution in [0.5, 0.6) is 0 Å². The lowest BCUT2D eigenvalue weighted by Crippen LogP contribution is -2.30. The molecule has 1 atom stereocenters. The molecule has 0 saturated heterocycles. The normalized spacial score (nSPS) is 11.1. The predicted molar refractivity (Wildman–Crippen MR) is 102 cm³/mol. The third kappa shape index (κ3) is 7.31. The van der Waals surface area contributed by atoms with Crippen LogP contribution in [0.2, 0.25) is 0 Å². The van der Waals surface area contributed by atoms with E-state index in [-0.39, 0.29) is 36.8 Å². The summed E-state index contributed by atoms with van der Waals surface area (Å²) in [6, 6.07) is 8.35. The molecule has 0 spiro atoms. The largest absolute Gasteiger partial charge is 0.356 e. The molecule has 3 N–H and O–H groups in total. The van der Waals surface area contributed by atoms with E-state index in [1.165, 1.54) is 5.56 Å². The maximum absolute atomic E-state index is 11.8. The highest BCUT2D eigenvalue weighted by Crippen LogP contribution is 2.24. The van der Waals surface area contributed by atoms with Crippen molar-refractivity contribution in [3.8, 4) is 10.6 Å². The number of nitrogens with one attached hydrogen (secondary N) is 1. The number of nitrogens with two attached hydrogens (primary N) is 1. The molecule has 0 aliphatic rings. The van der Waals surface area contributed by atoms with Gasteiger partial charge in [0, 0.05) is 23.5 Å². The first-order valence-corrected chi connectivity index (χ1v) is 7.96. The Morgan fingerprint density at radius 1 is 1.30 bits per heavy atom. The van der Waals surface area contributed by atoms with Crippen LogP contribution in [0.15, 0.2) is 29.6 Å². The van der Waals surface area contributed by atoms with Crippen molar-refractivity contribution in [1.29, 1.82) is 0 Å². The second-order valence-corrected chi connectivity index (χ2v) is 6.16. The van der Waals surface area contributed by atoms with E-state index in [4.69, 9.17) is 5.73 Å². The number of thiazole rings is 1. The van der Waals surface area contributed by atoms with Gasteiger partial charge in [-0.3, -0.25) is 4.79 Å². The molecule has 1 aromatic carbocycles. The highest BCUT2D eigenvalue weighted by Gasteiger charge is 2.09. The molecule has 4 nitrogen and oxygen atoms in total. The molecule has 0 fully saturated rings. The summed E-state index contributed by atoms with van der Waals surface area (Å²) in [4.78, 5) is 16.3. The fraction of sp³-hybridized carbons (Fsp3) is 0.375. The molecule has 1 aromatic heterocycles. The van der Waals surface area contributed by atoms with E-state index in [1.807, 2.05) is 12.3 Å². The third-order valence-electron chi connectivity index (χ3n) is 3.11. The summed E-state index contributed by atoms with van der Waals surface area (Å²) in [5.41, 5.74) is 8.78. The Labute approximate surface area is 153 Å². The molecule has 1 heterocycles. The molecule has 23 heavy (non-hydrogen) atoms. The van der Waals surface area contributed by atoms with E-state index < -0.39 is 0 Å². The van der Waals surface area contributed by atoms with Crippen molar-refractivity contribution in [3.05, 3.63) is 40.9 Å². The van der Waals surface area contributed by atoms with Crippen molar-refractivity contribution in [2.75, 3.05) is 6.54 Å². The average Bonchev–Trinajstić information content (AvgIpc) is 2.87. The molecule has 128 valence electrons. The lowest BCUT2D eigenvalue weighted by Gasteiger charge is -2.06. The van der Waals surface area contributed by atoms with E-state index in [0.29, 0.717) is 13.0 Å². The van der Waals surface area contributed by atoms with E-state index >= 15 is 0 Å². The lowest BCUT2D eigenvalue weighted by molar-refractivity contribution is -0.120. The van der Waals surface area contributed by atoms with Crippen LogP contribution in [0.1, 0.15) is 24.6 Å². The van der Waals surface area contributed by atoms with Gasteiger partial charge in [0.1, 0.15) is 5.01 Å². The van der Waals surface area contributed by atoms with Crippen molar-refractivity contribution in [2.24, 2.45) is 5.73 Å². The van der Waals surface area contributed by atoms with Gasteiger partial charge in [0.2, 0.25) is 5.91 Å². The third-order valence-corrected chi connectivity index (χ3v) is 4.05. The molecule has 0 bridgehead atoms. The van der Waals surface area contributed by atoms with Gasteiger partial charge < -0.3 is 11.1 Å². The minimum atomic E-state index is -0.00333. The quantitative estimate of drug-likeness (QED) is 0.812. The van der Waals surface area contributed by atoms with E-state index in [1.54, 1.807) is 11.3 Å². The summed E-state index contributed by atoms with van der Waals surface area (Å²) in [5, 5.41) is 5.76. The maximum atomic E-state index is 11.8. The molecule has 1 unspecified atom stereocenters. The van der Waals surface area contributed by atoms with Gasteiger partial charge in [-0.15, -0.1) is 36.2 Å². The molecular weight excluding hydrogens is 353 g/mol. The molecule has 2 rings (SSSR count). The van der Waals surface area contributed by atoms with Crippen LogP contribution in [-0.2, 0) is 11.2 Å². The second kappa shape index (κ2) is 10.6. The number of amides is 1. The van der Waals surface area contributed by atoms with Crippen molar-refractivity contribution >= 4 is 42.1 Å². The molecule has 1 amide bonds. The highest BCUT2D eigenvalue weighted by atomic mass is 35.5. The zero-order valence-corrected chi connectivity index (χ0v) is 15.7. The van der Waals surface area contributed by atoms with Gasteiger partial charge in [-0.1, -0.05) is 29.8 Å². The van der Waals surface area contributed by atoms with Crippen molar-refractivity contribution in [1.82, 2.24) is 10.3 Å². The number of benzene rings is 1. The van der Waals surface area contributed by atoms with Crippen LogP contribution in [0.4, 0.5) is 0 Å². The molecule has 0 saturated carbocycles. The number of rotatable bonds is 6. The average molecular weight is 376 g/mol. The zero-order valence-electron chi connectivity index (χ0n) is 13.2. The van der Waals surface area contributed by atoms with Crippen molar-refractivity contribution in [3.63, 3.8) is 0 Å². The molecule has 7 heteroatoms. The summed E-state index contributed by atoms with van der Waals surface area (Å²) < 4.78 is 0. The lowest BCUT2D eigenvalue weighted by atomic mass is 10.2. The Morgan fingerprint density at radius 2 is 1.96 bits per heavy atom. The van der Waals surface area contributed by atoms with Crippen LogP contribution in [0.3, 0.4) is 0 Å². The Balaban J connectivity index is 0.00000242. The summed E-state index contributed by atoms with van der Waals surface area (Å²) in [6.45, 7) is 4.61. The zero-order chi connectivity index (χ0) is 15.2. The van der Waals surface area contributed by atoms with Crippen LogP contribution in [0.25, 0.3) is 10.6 Å². The fourth-order valence-corrected chi connectivity index (χ4v) is 2.71. The molecule has 0 aliphatic carbocycles. The van der Waals surface area contributed by atoms with Gasteiger partial charge in [0.15, 0.2) is 0 Å². The van der Waals surface area contributed by atoms with Crippen molar-refractivity contribution in [2.45, 2.75) is 32.7 Å². The van der Waals surface area contributed by atoms with E-state index in [9.17, 15) is 4.79 Å².